The van der Waals surface area contributed by atoms with Crippen molar-refractivity contribution in [1.82, 2.24) is 0 Å². The first-order valence-electron chi connectivity index (χ1n) is 6.17. The topological polar surface area (TPSA) is 72.3 Å². The number of nitrogen functional groups attached to an aromatic ring is 1. The fourth-order valence-corrected chi connectivity index (χ4v) is 3.34. The van der Waals surface area contributed by atoms with E-state index in [1.165, 1.54) is 6.42 Å². The summed E-state index contributed by atoms with van der Waals surface area (Å²) in [5, 5.41) is 0.660. The normalized spacial score (nSPS) is 19.8. The first-order valence-corrected chi connectivity index (χ1v) is 7.22. The van der Waals surface area contributed by atoms with E-state index in [-0.39, 0.29) is 0 Å². The number of nitrogens with zero attached hydrogens (tertiary/aromatic N) is 1. The fourth-order valence-electron chi connectivity index (χ4n) is 2.16. The van der Waals surface area contributed by atoms with E-state index >= 15 is 0 Å². The van der Waals surface area contributed by atoms with E-state index < -0.39 is 5.91 Å². The highest BCUT2D eigenvalue weighted by Gasteiger charge is 2.20. The van der Waals surface area contributed by atoms with Crippen LogP contribution >= 0.6 is 11.8 Å². The van der Waals surface area contributed by atoms with Crippen molar-refractivity contribution in [3.8, 4) is 0 Å². The molecular formula is C13H19N3OS. The minimum absolute atomic E-state index is 0.416. The lowest BCUT2D eigenvalue weighted by Gasteiger charge is -2.34. The number of hydrogen-bond donors (Lipinski definition) is 2. The minimum atomic E-state index is -0.465. The fraction of sp³-hybridized carbons (Fsp3) is 0.462. The molecule has 1 aliphatic rings. The van der Waals surface area contributed by atoms with E-state index in [4.69, 9.17) is 11.5 Å². The Bertz CT molecular complexity index is 450. The Kier molecular flexibility index (Phi) is 4.01. The molecule has 0 aliphatic carbocycles. The summed E-state index contributed by atoms with van der Waals surface area (Å²) in [5.74, 6) is 0.655. The highest BCUT2D eigenvalue weighted by Crippen LogP contribution is 2.27. The van der Waals surface area contributed by atoms with Crippen LogP contribution in [0.2, 0.25) is 0 Å². The van der Waals surface area contributed by atoms with Crippen LogP contribution in [-0.2, 0) is 0 Å². The molecule has 0 radical (unpaired) electrons. The molecule has 1 fully saturated rings. The number of benzene rings is 1. The minimum Gasteiger partial charge on any atom is -0.398 e. The van der Waals surface area contributed by atoms with Crippen LogP contribution in [0.5, 0.6) is 0 Å². The van der Waals surface area contributed by atoms with Crippen LogP contribution in [0.3, 0.4) is 0 Å². The maximum Gasteiger partial charge on any atom is 0.250 e. The Balaban J connectivity index is 2.22. The summed E-state index contributed by atoms with van der Waals surface area (Å²) in [6.07, 6.45) is 1.17. The molecule has 0 bridgehead atoms. The highest BCUT2D eigenvalue weighted by molar-refractivity contribution is 8.00. The van der Waals surface area contributed by atoms with Gasteiger partial charge in [0.05, 0.1) is 5.56 Å². The van der Waals surface area contributed by atoms with Gasteiger partial charge in [-0.15, -0.1) is 0 Å². The maximum atomic E-state index is 11.3. The number of carbonyl (C=O) groups is 1. The molecule has 2 rings (SSSR count). The van der Waals surface area contributed by atoms with Crippen molar-refractivity contribution in [3.63, 3.8) is 0 Å². The van der Waals surface area contributed by atoms with Gasteiger partial charge in [0.1, 0.15) is 0 Å². The highest BCUT2D eigenvalue weighted by atomic mass is 32.2. The Hall–Kier alpha value is -1.36. The number of rotatable bonds is 3. The lowest BCUT2D eigenvalue weighted by atomic mass is 10.1. The summed E-state index contributed by atoms with van der Waals surface area (Å²) in [6, 6.07) is 5.53. The zero-order valence-electron chi connectivity index (χ0n) is 10.6. The average molecular weight is 265 g/mol. The van der Waals surface area contributed by atoms with Gasteiger partial charge in [-0.05, 0) is 24.6 Å². The molecule has 0 spiro atoms. The van der Waals surface area contributed by atoms with E-state index in [2.05, 4.69) is 11.8 Å². The van der Waals surface area contributed by atoms with Crippen LogP contribution in [-0.4, -0.2) is 30.0 Å². The van der Waals surface area contributed by atoms with Gasteiger partial charge in [-0.1, -0.05) is 6.92 Å². The standard InChI is InChI=1S/C13H19N3OS/c1-2-10-8-16(5-6-18-10)9-3-4-12(14)11(7-9)13(15)17/h3-4,7,10H,2,5-6,8,14H2,1H3,(H2,15,17). The van der Waals surface area contributed by atoms with Crippen LogP contribution in [0, 0.1) is 0 Å². The first kappa shape index (κ1) is 13.1. The van der Waals surface area contributed by atoms with Crippen LogP contribution in [0.4, 0.5) is 11.4 Å². The van der Waals surface area contributed by atoms with Crippen LogP contribution in [0.25, 0.3) is 0 Å². The van der Waals surface area contributed by atoms with Gasteiger partial charge in [0.15, 0.2) is 0 Å². The molecular weight excluding hydrogens is 246 g/mol. The number of anilines is 2. The smallest absolute Gasteiger partial charge is 0.250 e. The summed E-state index contributed by atoms with van der Waals surface area (Å²) in [5.41, 5.74) is 13.0. The second kappa shape index (κ2) is 5.52. The summed E-state index contributed by atoms with van der Waals surface area (Å²) in [6.45, 7) is 4.23. The zero-order chi connectivity index (χ0) is 13.1. The van der Waals surface area contributed by atoms with Gasteiger partial charge in [0.25, 0.3) is 5.91 Å². The van der Waals surface area contributed by atoms with Crippen molar-refractivity contribution in [2.75, 3.05) is 29.5 Å². The van der Waals surface area contributed by atoms with E-state index in [0.717, 1.165) is 24.5 Å². The second-order valence-electron chi connectivity index (χ2n) is 4.48. The van der Waals surface area contributed by atoms with Gasteiger partial charge in [0.2, 0.25) is 0 Å². The summed E-state index contributed by atoms with van der Waals surface area (Å²) in [7, 11) is 0. The molecule has 0 aromatic heterocycles. The van der Waals surface area contributed by atoms with Crippen molar-refractivity contribution in [2.45, 2.75) is 18.6 Å². The molecule has 1 saturated heterocycles. The van der Waals surface area contributed by atoms with Crippen molar-refractivity contribution in [2.24, 2.45) is 5.73 Å². The Morgan fingerprint density at radius 2 is 2.33 bits per heavy atom. The lowest BCUT2D eigenvalue weighted by Crippen LogP contribution is -2.37. The Labute approximate surface area is 112 Å². The van der Waals surface area contributed by atoms with Crippen molar-refractivity contribution in [1.29, 1.82) is 0 Å². The summed E-state index contributed by atoms with van der Waals surface area (Å²) < 4.78 is 0. The lowest BCUT2D eigenvalue weighted by molar-refractivity contribution is 0.100. The number of thioether (sulfide) groups is 1. The van der Waals surface area contributed by atoms with E-state index in [1.54, 1.807) is 12.1 Å². The largest absolute Gasteiger partial charge is 0.398 e. The molecule has 1 heterocycles. The average Bonchev–Trinajstić information content (AvgIpc) is 2.39. The SMILES string of the molecule is CCC1CN(c2ccc(N)c(C(N)=O)c2)CCS1. The molecule has 1 amide bonds. The van der Waals surface area contributed by atoms with E-state index in [9.17, 15) is 4.79 Å². The number of nitrogens with two attached hydrogens (primary N) is 2. The number of hydrogen-bond acceptors (Lipinski definition) is 4. The molecule has 1 aromatic rings. The van der Waals surface area contributed by atoms with Gasteiger partial charge in [-0.25, -0.2) is 0 Å². The zero-order valence-corrected chi connectivity index (χ0v) is 11.4. The van der Waals surface area contributed by atoms with Crippen molar-refractivity contribution < 1.29 is 4.79 Å². The third-order valence-electron chi connectivity index (χ3n) is 3.26. The quantitative estimate of drug-likeness (QED) is 0.816. The molecule has 0 saturated carbocycles. The van der Waals surface area contributed by atoms with Gasteiger partial charge >= 0.3 is 0 Å². The molecule has 18 heavy (non-hydrogen) atoms. The van der Waals surface area contributed by atoms with Gasteiger partial charge in [-0.2, -0.15) is 11.8 Å². The van der Waals surface area contributed by atoms with E-state index in [1.807, 2.05) is 17.8 Å². The maximum absolute atomic E-state index is 11.3. The van der Waals surface area contributed by atoms with Gasteiger partial charge < -0.3 is 16.4 Å². The second-order valence-corrected chi connectivity index (χ2v) is 5.89. The number of primary amides is 1. The number of carbonyl (C=O) groups excluding carboxylic acids is 1. The third kappa shape index (κ3) is 2.72. The predicted octanol–water partition coefficient (Wildman–Crippen LogP) is 1.70. The van der Waals surface area contributed by atoms with Crippen molar-refractivity contribution >= 4 is 29.0 Å². The molecule has 4 nitrogen and oxygen atoms in total. The number of amides is 1. The molecule has 1 atom stereocenters. The molecule has 1 aliphatic heterocycles. The molecule has 1 aromatic carbocycles. The molecule has 1 unspecified atom stereocenters. The summed E-state index contributed by atoms with van der Waals surface area (Å²) in [4.78, 5) is 13.6. The van der Waals surface area contributed by atoms with Gasteiger partial charge in [0, 0.05) is 35.5 Å². The summed E-state index contributed by atoms with van der Waals surface area (Å²) >= 11 is 2.02. The van der Waals surface area contributed by atoms with E-state index in [0.29, 0.717) is 16.5 Å². The van der Waals surface area contributed by atoms with Crippen molar-refractivity contribution in [3.05, 3.63) is 23.8 Å². The predicted molar refractivity (Wildman–Crippen MR) is 78.1 cm³/mol. The molecule has 5 heteroatoms. The van der Waals surface area contributed by atoms with Crippen LogP contribution in [0.1, 0.15) is 23.7 Å². The van der Waals surface area contributed by atoms with Crippen LogP contribution < -0.4 is 16.4 Å². The third-order valence-corrected chi connectivity index (χ3v) is 4.63. The molecule has 4 N–H and O–H groups in total. The Morgan fingerprint density at radius 3 is 3.00 bits per heavy atom. The van der Waals surface area contributed by atoms with Crippen LogP contribution in [0.15, 0.2) is 18.2 Å². The Morgan fingerprint density at radius 1 is 1.56 bits per heavy atom. The van der Waals surface area contributed by atoms with Gasteiger partial charge in [-0.3, -0.25) is 4.79 Å². The monoisotopic (exact) mass is 265 g/mol. The molecule has 98 valence electrons. The first-order chi connectivity index (χ1) is 8.61.